The Balaban J connectivity index is 1.43. The SMILES string of the molecule is Cc1cccn2c(CC(=O)N3C[C@@H](CO)C[C@@H](CN4CCOCC4)C3)cnc12. The molecular weight excluding hydrogens is 356 g/mol. The number of aliphatic hydroxyl groups is 1. The Kier molecular flexibility index (Phi) is 5.94. The zero-order valence-electron chi connectivity index (χ0n) is 16.6. The molecule has 7 nitrogen and oxygen atoms in total. The maximum absolute atomic E-state index is 13.1. The summed E-state index contributed by atoms with van der Waals surface area (Å²) in [6, 6.07) is 4.01. The number of aryl methyl sites for hydroxylation is 1. The molecule has 2 aromatic rings. The monoisotopic (exact) mass is 386 g/mol. The fourth-order valence-corrected chi connectivity index (χ4v) is 4.54. The van der Waals surface area contributed by atoms with Gasteiger partial charge in [0.15, 0.2) is 0 Å². The van der Waals surface area contributed by atoms with Crippen LogP contribution < -0.4 is 0 Å². The third kappa shape index (κ3) is 4.21. The van der Waals surface area contributed by atoms with Gasteiger partial charge in [0.2, 0.25) is 5.91 Å². The first-order valence-electron chi connectivity index (χ1n) is 10.2. The fraction of sp³-hybridized carbons (Fsp3) is 0.619. The number of pyridine rings is 1. The lowest BCUT2D eigenvalue weighted by Gasteiger charge is -2.40. The molecule has 0 spiro atoms. The van der Waals surface area contributed by atoms with Crippen LogP contribution in [0.4, 0.5) is 0 Å². The second kappa shape index (κ2) is 8.59. The molecule has 4 rings (SSSR count). The number of ether oxygens (including phenoxy) is 1. The van der Waals surface area contributed by atoms with E-state index >= 15 is 0 Å². The molecule has 2 aromatic heterocycles. The summed E-state index contributed by atoms with van der Waals surface area (Å²) < 4.78 is 7.44. The van der Waals surface area contributed by atoms with Crippen molar-refractivity contribution in [1.82, 2.24) is 19.2 Å². The molecule has 0 saturated carbocycles. The molecule has 7 heteroatoms. The second-order valence-corrected chi connectivity index (χ2v) is 8.17. The van der Waals surface area contributed by atoms with Crippen molar-refractivity contribution in [3.8, 4) is 0 Å². The van der Waals surface area contributed by atoms with Crippen LogP contribution in [0.25, 0.3) is 5.65 Å². The van der Waals surface area contributed by atoms with Gasteiger partial charge in [-0.15, -0.1) is 0 Å². The van der Waals surface area contributed by atoms with Crippen molar-refractivity contribution < 1.29 is 14.6 Å². The van der Waals surface area contributed by atoms with Crippen LogP contribution >= 0.6 is 0 Å². The molecule has 4 heterocycles. The van der Waals surface area contributed by atoms with Crippen LogP contribution in [-0.4, -0.2) is 82.7 Å². The number of likely N-dealkylation sites (tertiary alicyclic amines) is 1. The van der Waals surface area contributed by atoms with E-state index in [2.05, 4.69) is 9.88 Å². The van der Waals surface area contributed by atoms with E-state index in [1.54, 1.807) is 6.20 Å². The largest absolute Gasteiger partial charge is 0.396 e. The smallest absolute Gasteiger partial charge is 0.228 e. The Morgan fingerprint density at radius 1 is 1.29 bits per heavy atom. The van der Waals surface area contributed by atoms with Crippen molar-refractivity contribution in [2.24, 2.45) is 11.8 Å². The van der Waals surface area contributed by atoms with Crippen LogP contribution in [0, 0.1) is 18.8 Å². The molecule has 2 atom stereocenters. The van der Waals surface area contributed by atoms with E-state index in [0.29, 0.717) is 18.9 Å². The molecular formula is C21H30N4O3. The molecule has 0 bridgehead atoms. The Bertz CT molecular complexity index is 815. The lowest BCUT2D eigenvalue weighted by Crippen LogP contribution is -2.49. The summed E-state index contributed by atoms with van der Waals surface area (Å²) in [4.78, 5) is 21.9. The van der Waals surface area contributed by atoms with Crippen LogP contribution in [0.5, 0.6) is 0 Å². The number of morpholine rings is 1. The maximum Gasteiger partial charge on any atom is 0.228 e. The molecule has 0 radical (unpaired) electrons. The van der Waals surface area contributed by atoms with Gasteiger partial charge in [-0.2, -0.15) is 0 Å². The highest BCUT2D eigenvalue weighted by Crippen LogP contribution is 2.24. The molecule has 2 fully saturated rings. The van der Waals surface area contributed by atoms with Crippen molar-refractivity contribution in [2.75, 3.05) is 52.5 Å². The van der Waals surface area contributed by atoms with E-state index < -0.39 is 0 Å². The summed E-state index contributed by atoms with van der Waals surface area (Å²) in [6.07, 6.45) is 5.09. The van der Waals surface area contributed by atoms with E-state index in [9.17, 15) is 9.90 Å². The Hall–Kier alpha value is -1.96. The van der Waals surface area contributed by atoms with Gasteiger partial charge in [-0.25, -0.2) is 4.98 Å². The molecule has 1 amide bonds. The van der Waals surface area contributed by atoms with Crippen molar-refractivity contribution in [1.29, 1.82) is 0 Å². The van der Waals surface area contributed by atoms with Gasteiger partial charge in [-0.05, 0) is 36.8 Å². The van der Waals surface area contributed by atoms with Crippen molar-refractivity contribution in [3.63, 3.8) is 0 Å². The number of rotatable bonds is 5. The molecule has 0 aromatic carbocycles. The summed E-state index contributed by atoms with van der Waals surface area (Å²) >= 11 is 0. The molecule has 0 aliphatic carbocycles. The predicted molar refractivity (Wildman–Crippen MR) is 106 cm³/mol. The fourth-order valence-electron chi connectivity index (χ4n) is 4.54. The number of hydrogen-bond donors (Lipinski definition) is 1. The number of carbonyl (C=O) groups is 1. The number of aliphatic hydroxyl groups excluding tert-OH is 1. The summed E-state index contributed by atoms with van der Waals surface area (Å²) in [5, 5.41) is 9.76. The Morgan fingerprint density at radius 3 is 2.86 bits per heavy atom. The summed E-state index contributed by atoms with van der Waals surface area (Å²) in [7, 11) is 0. The van der Waals surface area contributed by atoms with E-state index in [4.69, 9.17) is 4.74 Å². The number of imidazole rings is 1. The van der Waals surface area contributed by atoms with Crippen LogP contribution in [0.1, 0.15) is 17.7 Å². The molecule has 2 aliphatic rings. The van der Waals surface area contributed by atoms with Gasteiger partial charge in [0.1, 0.15) is 5.65 Å². The number of fused-ring (bicyclic) bond motifs is 1. The Morgan fingerprint density at radius 2 is 2.07 bits per heavy atom. The summed E-state index contributed by atoms with van der Waals surface area (Å²) in [6.45, 7) is 8.02. The number of hydrogen-bond acceptors (Lipinski definition) is 5. The number of carbonyl (C=O) groups excluding carboxylic acids is 1. The predicted octanol–water partition coefficient (Wildman–Crippen LogP) is 0.974. The normalized spacial score (nSPS) is 24.0. The average Bonchev–Trinajstić information content (AvgIpc) is 3.12. The lowest BCUT2D eigenvalue weighted by atomic mass is 9.89. The third-order valence-electron chi connectivity index (χ3n) is 5.99. The van der Waals surface area contributed by atoms with Crippen LogP contribution in [-0.2, 0) is 16.0 Å². The zero-order chi connectivity index (χ0) is 19.5. The highest BCUT2D eigenvalue weighted by Gasteiger charge is 2.31. The minimum Gasteiger partial charge on any atom is -0.396 e. The van der Waals surface area contributed by atoms with Crippen molar-refractivity contribution in [3.05, 3.63) is 35.8 Å². The van der Waals surface area contributed by atoms with Crippen molar-refractivity contribution in [2.45, 2.75) is 19.8 Å². The first kappa shape index (κ1) is 19.4. The van der Waals surface area contributed by atoms with Gasteiger partial charge in [-0.3, -0.25) is 9.69 Å². The molecule has 152 valence electrons. The number of piperidine rings is 1. The van der Waals surface area contributed by atoms with E-state index in [-0.39, 0.29) is 18.4 Å². The molecule has 2 saturated heterocycles. The third-order valence-corrected chi connectivity index (χ3v) is 5.99. The average molecular weight is 386 g/mol. The topological polar surface area (TPSA) is 70.3 Å². The molecule has 0 unspecified atom stereocenters. The molecule has 28 heavy (non-hydrogen) atoms. The summed E-state index contributed by atoms with van der Waals surface area (Å²) in [5.41, 5.74) is 2.92. The van der Waals surface area contributed by atoms with Crippen LogP contribution in [0.15, 0.2) is 24.5 Å². The van der Waals surface area contributed by atoms with Crippen molar-refractivity contribution >= 4 is 11.6 Å². The Labute approximate surface area is 165 Å². The minimum absolute atomic E-state index is 0.119. The first-order valence-corrected chi connectivity index (χ1v) is 10.2. The van der Waals surface area contributed by atoms with Gasteiger partial charge in [-0.1, -0.05) is 6.07 Å². The van der Waals surface area contributed by atoms with Gasteiger partial charge in [0.05, 0.1) is 25.3 Å². The van der Waals surface area contributed by atoms with E-state index in [1.807, 2.05) is 34.6 Å². The van der Waals surface area contributed by atoms with Crippen LogP contribution in [0.3, 0.4) is 0 Å². The van der Waals surface area contributed by atoms with E-state index in [0.717, 1.165) is 62.7 Å². The highest BCUT2D eigenvalue weighted by atomic mass is 16.5. The highest BCUT2D eigenvalue weighted by molar-refractivity contribution is 5.78. The van der Waals surface area contributed by atoms with Crippen LogP contribution in [0.2, 0.25) is 0 Å². The zero-order valence-corrected chi connectivity index (χ0v) is 16.6. The number of amides is 1. The van der Waals surface area contributed by atoms with Gasteiger partial charge < -0.3 is 19.1 Å². The standard InChI is InChI=1S/C21H30N4O3/c1-16-3-2-4-25-19(11-22-21(16)25)10-20(27)24-13-17(9-18(14-24)15-26)12-23-5-7-28-8-6-23/h2-4,11,17-18,26H,5-10,12-15H2,1H3/t17-,18-/m0/s1. The lowest BCUT2D eigenvalue weighted by molar-refractivity contribution is -0.134. The van der Waals surface area contributed by atoms with E-state index in [1.165, 1.54) is 0 Å². The number of aromatic nitrogens is 2. The molecule has 1 N–H and O–H groups in total. The summed E-state index contributed by atoms with van der Waals surface area (Å²) in [5.74, 6) is 0.680. The molecule has 2 aliphatic heterocycles. The quantitative estimate of drug-likeness (QED) is 0.829. The van der Waals surface area contributed by atoms with Gasteiger partial charge in [0.25, 0.3) is 0 Å². The second-order valence-electron chi connectivity index (χ2n) is 8.17. The van der Waals surface area contributed by atoms with Gasteiger partial charge in [0, 0.05) is 51.7 Å². The minimum atomic E-state index is 0.119. The maximum atomic E-state index is 13.1. The first-order chi connectivity index (χ1) is 13.6. The van der Waals surface area contributed by atoms with Gasteiger partial charge >= 0.3 is 0 Å². The number of nitrogens with zero attached hydrogens (tertiary/aromatic N) is 4.